The summed E-state index contributed by atoms with van der Waals surface area (Å²) in [6.45, 7) is 3.14. The third-order valence-electron chi connectivity index (χ3n) is 19.4. The first-order valence-corrected chi connectivity index (χ1v) is 35.6. The number of carbonyl (C=O) groups is 8. The molecule has 0 spiro atoms. The summed E-state index contributed by atoms with van der Waals surface area (Å²) in [6.07, 6.45) is -17.8. The van der Waals surface area contributed by atoms with E-state index in [0.717, 1.165) is 15.4 Å². The number of rotatable bonds is 31. The number of carboxylic acids is 2. The number of hydrogen-bond acceptors (Lipinski definition) is 30. The molecule has 0 radical (unpaired) electrons. The fraction of sp³-hybridized carbons (Fsp3) is 0.479. The van der Waals surface area contributed by atoms with E-state index < -0.39 is 147 Å². The Labute approximate surface area is 638 Å². The standard InChI is InChI=1S/C73H87N9O30/c1-36-24-46-66(93)80(72(99)107-34-38-10-12-48(42(26-38)62(89)74-15-21-101-4)109-70-58(87)54(83)56(85)60(111-70)68(95)96)44-30-52(50(102-5)28-40(44)64(91)78(46)32-36)105-19-8-7-9-20-106-53-31-45-41(29-51(53)103-6)65(92)79-33-37(2)25-47(79)67(94)81(45)73(100)108-35-39-11-13-49(110-71-59(88)55(84)57(86)61(112-71)69(97)98)43(27-39)63(90)75-16-22-104-23-18-82(3)17-14-76-77-82/h10-14,17,26-33,46-47,54-61,66-67,70-71,83-88,93-94H,7-9,15-16,18-25,34-35H2,1-6H3,(H3-,74,75,89,90,95,96,97,98)/p+1/t46-,47-,54-,55-,56-,57-,58+,59+,60-,61-,66?,67?,70+,71+,82?/m0/s1. The SMILES string of the molecule is COCCNC(=O)c1cc(COC(=O)N2c3cc(OCCCCCOc4cc5c(cc4OC)C(=O)N4C=C(C)C[C@H]4C(O)N5C(=O)OCc4ccc(O[C@@H]5O[C@H](C(=O)O)[C@@H](O)[C@H](O)[C@H]5O)c(C(=O)NCCOCC[N+]5(C)C=CN=N5)c4)c(OC)cc3C(=O)N3C=C(C)C[C@H]3C2O)ccc1O[C@@H]1O[C@H](C(=O)O)[C@@H](O)[C@H](O)[C@H]1O. The summed E-state index contributed by atoms with van der Waals surface area (Å²) in [5.74, 6) is -6.38. The molecule has 3 unspecified atom stereocenters. The third-order valence-corrected chi connectivity index (χ3v) is 19.4. The van der Waals surface area contributed by atoms with Gasteiger partial charge in [0, 0.05) is 50.0 Å². The summed E-state index contributed by atoms with van der Waals surface area (Å²) >= 11 is 0. The number of carbonyl (C=O) groups excluding carboxylic acids is 6. The van der Waals surface area contributed by atoms with Crippen LogP contribution in [0.3, 0.4) is 0 Å². The second-order valence-corrected chi connectivity index (χ2v) is 27.3. The van der Waals surface area contributed by atoms with Gasteiger partial charge in [-0.2, -0.15) is 4.59 Å². The van der Waals surface area contributed by atoms with Crippen LogP contribution in [-0.2, 0) is 51.2 Å². The zero-order valence-corrected chi connectivity index (χ0v) is 61.5. The van der Waals surface area contributed by atoms with Crippen molar-refractivity contribution in [2.75, 3.05) is 90.8 Å². The van der Waals surface area contributed by atoms with E-state index in [1.807, 2.05) is 7.05 Å². The normalized spacial score (nSPS) is 26.3. The minimum atomic E-state index is -2.05. The number of ether oxygens (including phenoxy) is 12. The Hall–Kier alpha value is -10.7. The number of anilines is 2. The molecule has 0 saturated carbocycles. The highest BCUT2D eigenvalue weighted by atomic mass is 16.7. The number of nitrogens with one attached hydrogen (secondary N) is 2. The Bertz CT molecular complexity index is 4320. The first kappa shape index (κ1) is 82.3. The van der Waals surface area contributed by atoms with Crippen molar-refractivity contribution in [1.82, 2.24) is 20.4 Å². The summed E-state index contributed by atoms with van der Waals surface area (Å²) < 4.78 is 68.7. The second kappa shape index (κ2) is 35.8. The lowest BCUT2D eigenvalue weighted by atomic mass is 9.99. The van der Waals surface area contributed by atoms with Crippen LogP contribution in [-0.4, -0.2) is 280 Å². The topological polar surface area (TPSA) is 511 Å². The number of unbranched alkanes of at least 4 members (excludes halogenated alkanes) is 2. The maximum atomic E-state index is 14.7. The Morgan fingerprint density at radius 2 is 0.991 bits per heavy atom. The van der Waals surface area contributed by atoms with Crippen molar-refractivity contribution in [3.8, 4) is 34.5 Å². The van der Waals surface area contributed by atoms with E-state index in [1.54, 1.807) is 38.6 Å². The van der Waals surface area contributed by atoms with Gasteiger partial charge in [-0.3, -0.25) is 19.2 Å². The summed E-state index contributed by atoms with van der Waals surface area (Å²) in [6, 6.07) is 11.2. The van der Waals surface area contributed by atoms with E-state index in [1.165, 1.54) is 91.8 Å². The van der Waals surface area contributed by atoms with Gasteiger partial charge in [0.2, 0.25) is 12.6 Å². The van der Waals surface area contributed by atoms with Crippen molar-refractivity contribution in [2.24, 2.45) is 10.3 Å². The highest BCUT2D eigenvalue weighted by Crippen LogP contribution is 2.45. The van der Waals surface area contributed by atoms with Gasteiger partial charge < -0.3 is 128 Å². The van der Waals surface area contributed by atoms with Gasteiger partial charge in [-0.15, -0.1) is 5.11 Å². The third kappa shape index (κ3) is 18.0. The highest BCUT2D eigenvalue weighted by molar-refractivity contribution is 6.08. The fourth-order valence-electron chi connectivity index (χ4n) is 13.4. The average molecular weight is 1570 g/mol. The van der Waals surface area contributed by atoms with Crippen molar-refractivity contribution < 1.29 is 151 Å². The molecule has 0 aliphatic carbocycles. The van der Waals surface area contributed by atoms with Gasteiger partial charge in [-0.05, 0) is 93.5 Å². The molecule has 4 aromatic carbocycles. The van der Waals surface area contributed by atoms with Crippen molar-refractivity contribution in [1.29, 1.82) is 0 Å². The summed E-state index contributed by atoms with van der Waals surface area (Å²) in [5, 5.41) is 120. The van der Waals surface area contributed by atoms with Gasteiger partial charge in [0.25, 0.3) is 23.6 Å². The van der Waals surface area contributed by atoms with Crippen molar-refractivity contribution in [3.05, 3.63) is 130 Å². The zero-order valence-electron chi connectivity index (χ0n) is 61.5. The quantitative estimate of drug-likeness (QED) is 0.0251. The van der Waals surface area contributed by atoms with E-state index in [0.29, 0.717) is 31.4 Å². The summed E-state index contributed by atoms with van der Waals surface area (Å²) in [5.41, 5.74) is 0.879. The van der Waals surface area contributed by atoms with E-state index >= 15 is 0 Å². The smallest absolute Gasteiger partial charge is 0.416 e. The molecule has 15 atom stereocenters. The van der Waals surface area contributed by atoms with E-state index in [-0.39, 0.29) is 143 Å². The summed E-state index contributed by atoms with van der Waals surface area (Å²) in [7, 11) is 5.90. The number of aliphatic hydroxyl groups excluding tert-OH is 8. The van der Waals surface area contributed by atoms with E-state index in [4.69, 9.17) is 56.8 Å². The lowest BCUT2D eigenvalue weighted by molar-refractivity contribution is -0.867. The Kier molecular flexibility index (Phi) is 26.3. The Morgan fingerprint density at radius 1 is 0.545 bits per heavy atom. The largest absolute Gasteiger partial charge is 0.493 e. The number of aliphatic carboxylic acids is 2. The molecule has 7 aliphatic heterocycles. The van der Waals surface area contributed by atoms with Crippen LogP contribution in [0.4, 0.5) is 21.0 Å². The van der Waals surface area contributed by atoms with Gasteiger partial charge in [-0.1, -0.05) is 23.3 Å². The maximum absolute atomic E-state index is 14.7. The van der Waals surface area contributed by atoms with Gasteiger partial charge in [-0.25, -0.2) is 29.0 Å². The van der Waals surface area contributed by atoms with Crippen LogP contribution in [0.1, 0.15) is 98.5 Å². The molecular formula is C73H88N9O30+. The fourth-order valence-corrected chi connectivity index (χ4v) is 13.4. The number of aliphatic hydroxyl groups is 8. The number of fused-ring (bicyclic) bond motifs is 4. The van der Waals surface area contributed by atoms with E-state index in [2.05, 4.69) is 21.0 Å². The zero-order chi connectivity index (χ0) is 80.6. The first-order chi connectivity index (χ1) is 53.5. The van der Waals surface area contributed by atoms with Gasteiger partial charge in [0.1, 0.15) is 80.3 Å². The van der Waals surface area contributed by atoms with Gasteiger partial charge in [0.05, 0.1) is 100 Å². The predicted octanol–water partition coefficient (Wildman–Crippen LogP) is 1.48. The lowest BCUT2D eigenvalue weighted by Crippen LogP contribution is -2.61. The van der Waals surface area contributed by atoms with Crippen LogP contribution in [0.2, 0.25) is 0 Å². The molecule has 39 nitrogen and oxygen atoms in total. The molecule has 2 fully saturated rings. The number of amides is 6. The molecule has 7 heterocycles. The Balaban J connectivity index is 0.765. The monoisotopic (exact) mass is 1570 g/mol. The number of quaternary nitrogens is 1. The molecular weight excluding hydrogens is 1480 g/mol. The molecule has 6 amide bonds. The number of benzene rings is 4. The number of carboxylic acid groups (broad SMARTS) is 2. The minimum Gasteiger partial charge on any atom is -0.493 e. The molecule has 4 aromatic rings. The van der Waals surface area contributed by atoms with Crippen molar-refractivity contribution in [2.45, 2.75) is 145 Å². The number of likely N-dealkylation sites (N-methyl/N-ethyl adjacent to an activating group) is 1. The maximum Gasteiger partial charge on any atom is 0.416 e. The van der Waals surface area contributed by atoms with Crippen LogP contribution in [0.25, 0.3) is 0 Å². The average Bonchev–Trinajstić information content (AvgIpc) is 1.60. The first-order valence-electron chi connectivity index (χ1n) is 35.6. The number of hydrogen-bond donors (Lipinski definition) is 12. The number of methoxy groups -OCH3 is 3. The highest BCUT2D eigenvalue weighted by Gasteiger charge is 2.52. The van der Waals surface area contributed by atoms with Crippen LogP contribution < -0.4 is 48.9 Å². The van der Waals surface area contributed by atoms with Gasteiger partial charge in [0.15, 0.2) is 47.7 Å². The molecule has 39 heteroatoms. The molecule has 12 N–H and O–H groups in total. The van der Waals surface area contributed by atoms with Crippen molar-refractivity contribution in [3.63, 3.8) is 0 Å². The Morgan fingerprint density at radius 3 is 1.40 bits per heavy atom. The molecule has 2 saturated heterocycles. The molecule has 112 heavy (non-hydrogen) atoms. The summed E-state index contributed by atoms with van der Waals surface area (Å²) in [4.78, 5) is 114. The molecule has 0 bridgehead atoms. The second-order valence-electron chi connectivity index (χ2n) is 27.3. The van der Waals surface area contributed by atoms with Crippen molar-refractivity contribution >= 4 is 59.1 Å². The molecule has 11 rings (SSSR count). The van der Waals surface area contributed by atoms with E-state index in [9.17, 15) is 89.4 Å². The predicted molar refractivity (Wildman–Crippen MR) is 380 cm³/mol. The van der Waals surface area contributed by atoms with Gasteiger partial charge >= 0.3 is 24.1 Å². The molecule has 7 aliphatic rings. The molecule has 604 valence electrons. The minimum absolute atomic E-state index is 0.00370. The van der Waals surface area contributed by atoms with Crippen LogP contribution in [0.5, 0.6) is 34.5 Å². The van der Waals surface area contributed by atoms with Crippen LogP contribution in [0.15, 0.2) is 107 Å². The van der Waals surface area contributed by atoms with Crippen LogP contribution >= 0.6 is 0 Å². The lowest BCUT2D eigenvalue weighted by Gasteiger charge is -2.38. The van der Waals surface area contributed by atoms with Crippen LogP contribution in [0, 0.1) is 0 Å². The number of nitrogens with zero attached hydrogens (tertiary/aromatic N) is 7. The molecule has 0 aromatic heterocycles.